The van der Waals surface area contributed by atoms with Crippen molar-refractivity contribution in [3.63, 3.8) is 0 Å². The molecule has 0 bridgehead atoms. The van der Waals surface area contributed by atoms with Crippen LogP contribution in [0.2, 0.25) is 0 Å². The molecule has 0 fully saturated rings. The lowest BCUT2D eigenvalue weighted by Crippen LogP contribution is -2.30. The first-order valence-corrected chi connectivity index (χ1v) is 4.49. The van der Waals surface area contributed by atoms with Crippen LogP contribution in [0, 0.1) is 10.1 Å². The smallest absolute Gasteiger partial charge is 0.270 e. The van der Waals surface area contributed by atoms with Crippen molar-refractivity contribution in [2.45, 2.75) is 11.9 Å². The van der Waals surface area contributed by atoms with Gasteiger partial charge in [0.2, 0.25) is 0 Å². The third-order valence-corrected chi connectivity index (χ3v) is 2.28. The second-order valence-electron chi connectivity index (χ2n) is 2.52. The average molecular weight is 249 g/mol. The van der Waals surface area contributed by atoms with Crippen molar-refractivity contribution < 1.29 is 9.76 Å². The molecular formula is C7H9BrN2O3. The molecule has 1 unspecified atom stereocenters. The minimum Gasteiger partial charge on any atom is -0.276 e. The summed E-state index contributed by atoms with van der Waals surface area (Å²) in [5.41, 5.74) is 0.770. The molecule has 0 saturated heterocycles. The van der Waals surface area contributed by atoms with Crippen molar-refractivity contribution in [3.8, 4) is 0 Å². The molecular weight excluding hydrogens is 240 g/mol. The molecule has 0 aromatic rings. The summed E-state index contributed by atoms with van der Waals surface area (Å²) in [6.45, 7) is 1.74. The van der Waals surface area contributed by atoms with Gasteiger partial charge in [0.1, 0.15) is 4.95 Å². The predicted molar refractivity (Wildman–Crippen MR) is 50.4 cm³/mol. The van der Waals surface area contributed by atoms with E-state index in [-0.39, 0.29) is 10.6 Å². The zero-order chi connectivity index (χ0) is 10.0. The van der Waals surface area contributed by atoms with Gasteiger partial charge in [0.15, 0.2) is 0 Å². The molecule has 0 N–H and O–H groups in total. The number of allylic oxidation sites excluding steroid dienone is 2. The highest BCUT2D eigenvalue weighted by Crippen LogP contribution is 2.23. The number of hydrogen-bond donors (Lipinski definition) is 0. The maximum absolute atomic E-state index is 10.5. The van der Waals surface area contributed by atoms with Gasteiger partial charge < -0.3 is 0 Å². The fraction of sp³-hybridized carbons (Fsp3) is 0.429. The van der Waals surface area contributed by atoms with Gasteiger partial charge in [-0.15, -0.1) is 0 Å². The molecule has 1 heterocycles. The topological polar surface area (TPSA) is 55.6 Å². The van der Waals surface area contributed by atoms with Crippen LogP contribution in [0.1, 0.15) is 6.92 Å². The van der Waals surface area contributed by atoms with E-state index in [0.29, 0.717) is 5.70 Å². The van der Waals surface area contributed by atoms with Gasteiger partial charge in [-0.2, -0.15) is 0 Å². The van der Waals surface area contributed by atoms with Crippen LogP contribution in [-0.2, 0) is 4.84 Å². The van der Waals surface area contributed by atoms with Crippen molar-refractivity contribution in [1.29, 1.82) is 0 Å². The first-order valence-electron chi connectivity index (χ1n) is 3.58. The van der Waals surface area contributed by atoms with Crippen molar-refractivity contribution in [2.75, 3.05) is 7.11 Å². The Kier molecular flexibility index (Phi) is 3.05. The molecule has 1 atom stereocenters. The first kappa shape index (κ1) is 10.2. The second-order valence-corrected chi connectivity index (χ2v) is 3.45. The maximum Gasteiger partial charge on any atom is 0.270 e. The van der Waals surface area contributed by atoms with Crippen molar-refractivity contribution >= 4 is 15.9 Å². The van der Waals surface area contributed by atoms with E-state index in [4.69, 9.17) is 4.84 Å². The Hall–Kier alpha value is -0.880. The zero-order valence-electron chi connectivity index (χ0n) is 7.23. The van der Waals surface area contributed by atoms with Gasteiger partial charge >= 0.3 is 0 Å². The van der Waals surface area contributed by atoms with Gasteiger partial charge in [0, 0.05) is 17.8 Å². The van der Waals surface area contributed by atoms with Crippen LogP contribution in [0.25, 0.3) is 0 Å². The molecule has 0 saturated carbocycles. The summed E-state index contributed by atoms with van der Waals surface area (Å²) in [7, 11) is 1.51. The quantitative estimate of drug-likeness (QED) is 0.323. The molecule has 1 rings (SSSR count). The van der Waals surface area contributed by atoms with E-state index in [9.17, 15) is 10.1 Å². The van der Waals surface area contributed by atoms with Crippen LogP contribution in [0.5, 0.6) is 0 Å². The van der Waals surface area contributed by atoms with Crippen LogP contribution >= 0.6 is 15.9 Å². The van der Waals surface area contributed by atoms with Gasteiger partial charge in [-0.25, -0.2) is 5.06 Å². The molecule has 0 spiro atoms. The summed E-state index contributed by atoms with van der Waals surface area (Å²) in [4.78, 5) is 14.7. The van der Waals surface area contributed by atoms with E-state index >= 15 is 0 Å². The number of nitro groups is 1. The summed E-state index contributed by atoms with van der Waals surface area (Å²) in [6.07, 6.45) is 2.93. The summed E-state index contributed by atoms with van der Waals surface area (Å²) >= 11 is 3.24. The van der Waals surface area contributed by atoms with Crippen molar-refractivity contribution in [3.05, 3.63) is 33.7 Å². The standard InChI is InChI=1S/C7H9BrN2O3/c1-5-3-6(10(11)12)4-7(8)9(5)13-2/h3-4,7H,1-2H3. The molecule has 13 heavy (non-hydrogen) atoms. The highest BCUT2D eigenvalue weighted by Gasteiger charge is 2.24. The number of halogens is 1. The highest BCUT2D eigenvalue weighted by atomic mass is 79.9. The van der Waals surface area contributed by atoms with E-state index in [1.807, 2.05) is 0 Å². The molecule has 6 heteroatoms. The normalized spacial score (nSPS) is 22.4. The Morgan fingerprint density at radius 2 is 2.38 bits per heavy atom. The van der Waals surface area contributed by atoms with Crippen LogP contribution < -0.4 is 0 Å². The van der Waals surface area contributed by atoms with Gasteiger partial charge in [-0.1, -0.05) is 15.9 Å². The maximum atomic E-state index is 10.5. The molecule has 72 valence electrons. The monoisotopic (exact) mass is 248 g/mol. The summed E-state index contributed by atoms with van der Waals surface area (Å²) in [6, 6.07) is 0. The Morgan fingerprint density at radius 3 is 2.77 bits per heavy atom. The van der Waals surface area contributed by atoms with E-state index < -0.39 is 4.92 Å². The van der Waals surface area contributed by atoms with E-state index in [1.165, 1.54) is 24.3 Å². The minimum atomic E-state index is -0.426. The number of alkyl halides is 1. The number of hydroxylamine groups is 2. The van der Waals surface area contributed by atoms with Gasteiger partial charge in [-0.3, -0.25) is 15.0 Å². The summed E-state index contributed by atoms with van der Waals surface area (Å²) in [5.74, 6) is 0. The predicted octanol–water partition coefficient (Wildman–Crippen LogP) is 1.65. The highest BCUT2D eigenvalue weighted by molar-refractivity contribution is 9.09. The Bertz CT molecular complexity index is 287. The van der Waals surface area contributed by atoms with Crippen LogP contribution in [0.4, 0.5) is 0 Å². The molecule has 1 aliphatic heterocycles. The average Bonchev–Trinajstić information content (AvgIpc) is 2.03. The van der Waals surface area contributed by atoms with Crippen LogP contribution in [0.15, 0.2) is 23.5 Å². The van der Waals surface area contributed by atoms with Gasteiger partial charge in [0.05, 0.1) is 12.0 Å². The third kappa shape index (κ3) is 2.07. The lowest BCUT2D eigenvalue weighted by molar-refractivity contribution is -0.420. The molecule has 0 aromatic heterocycles. The third-order valence-electron chi connectivity index (χ3n) is 1.64. The van der Waals surface area contributed by atoms with Gasteiger partial charge in [0.25, 0.3) is 5.70 Å². The van der Waals surface area contributed by atoms with E-state index in [0.717, 1.165) is 0 Å². The Labute approximate surface area is 83.9 Å². The lowest BCUT2D eigenvalue weighted by atomic mass is 10.2. The second kappa shape index (κ2) is 3.89. The zero-order valence-corrected chi connectivity index (χ0v) is 8.82. The minimum absolute atomic E-state index is 0.0766. The molecule has 0 radical (unpaired) electrons. The Balaban J connectivity index is 2.93. The van der Waals surface area contributed by atoms with E-state index in [1.54, 1.807) is 6.92 Å². The SMILES string of the molecule is CON1C(C)=CC([N+](=O)[O-])=CC1Br. The Morgan fingerprint density at radius 1 is 1.77 bits per heavy atom. The van der Waals surface area contributed by atoms with E-state index in [2.05, 4.69) is 15.9 Å². The summed E-state index contributed by atoms with van der Waals surface area (Å²) < 4.78 is 0. The molecule has 0 aromatic carbocycles. The fourth-order valence-electron chi connectivity index (χ4n) is 1.09. The fourth-order valence-corrected chi connectivity index (χ4v) is 1.85. The first-order chi connectivity index (χ1) is 6.06. The van der Waals surface area contributed by atoms with Crippen molar-refractivity contribution in [1.82, 2.24) is 5.06 Å². The largest absolute Gasteiger partial charge is 0.276 e. The molecule has 0 amide bonds. The number of nitrogens with zero attached hydrogens (tertiary/aromatic N) is 2. The number of rotatable bonds is 2. The lowest BCUT2D eigenvalue weighted by Gasteiger charge is -2.27. The number of hydrogen-bond acceptors (Lipinski definition) is 4. The molecule has 0 aliphatic carbocycles. The molecule has 5 nitrogen and oxygen atoms in total. The van der Waals surface area contributed by atoms with Crippen molar-refractivity contribution in [2.24, 2.45) is 0 Å². The summed E-state index contributed by atoms with van der Waals surface area (Å²) in [5, 5.41) is 12.0. The van der Waals surface area contributed by atoms with Gasteiger partial charge in [-0.05, 0) is 6.92 Å². The molecule has 1 aliphatic rings. The van der Waals surface area contributed by atoms with Crippen LogP contribution in [0.3, 0.4) is 0 Å². The van der Waals surface area contributed by atoms with Crippen LogP contribution in [-0.4, -0.2) is 22.0 Å².